The van der Waals surface area contributed by atoms with E-state index >= 15 is 0 Å². The van der Waals surface area contributed by atoms with E-state index in [1.165, 1.54) is 7.11 Å². The van der Waals surface area contributed by atoms with Crippen LogP contribution in [0.2, 0.25) is 0 Å². The Morgan fingerprint density at radius 3 is 2.53 bits per heavy atom. The Morgan fingerprint density at radius 2 is 1.89 bits per heavy atom. The van der Waals surface area contributed by atoms with Gasteiger partial charge in [-0.3, -0.25) is 9.69 Å². The minimum atomic E-state index is -2.99. The van der Waals surface area contributed by atoms with Crippen LogP contribution in [0, 0.1) is 0 Å². The molecule has 19 heavy (non-hydrogen) atoms. The minimum Gasteiger partial charge on any atom is -0.468 e. The molecule has 2 saturated heterocycles. The number of carbonyl (C=O) groups is 1. The zero-order valence-corrected chi connectivity index (χ0v) is 12.2. The van der Waals surface area contributed by atoms with Gasteiger partial charge in [0.25, 0.3) is 0 Å². The summed E-state index contributed by atoms with van der Waals surface area (Å²) in [7, 11) is -1.62. The van der Waals surface area contributed by atoms with E-state index in [0.717, 1.165) is 32.6 Å². The van der Waals surface area contributed by atoms with Crippen LogP contribution in [0.1, 0.15) is 19.3 Å². The standard InChI is InChI=1S/C12H22N2O4S/c1-18-11(15)12(3-9-19(16,17)10-4-12)14-7-2-5-13-6-8-14/h13H,2-10H2,1H3. The van der Waals surface area contributed by atoms with Gasteiger partial charge in [0.1, 0.15) is 15.4 Å². The molecule has 0 unspecified atom stereocenters. The normalized spacial score (nSPS) is 27.4. The Hall–Kier alpha value is -0.660. The molecule has 6 nitrogen and oxygen atoms in total. The lowest BCUT2D eigenvalue weighted by Gasteiger charge is -2.43. The van der Waals surface area contributed by atoms with E-state index < -0.39 is 15.4 Å². The first-order chi connectivity index (χ1) is 9.00. The van der Waals surface area contributed by atoms with Crippen LogP contribution in [0.15, 0.2) is 0 Å². The number of nitrogens with one attached hydrogen (secondary N) is 1. The van der Waals surface area contributed by atoms with Crippen molar-refractivity contribution in [2.45, 2.75) is 24.8 Å². The predicted octanol–water partition coefficient (Wildman–Crippen LogP) is -0.598. The highest BCUT2D eigenvalue weighted by Gasteiger charge is 2.48. The first-order valence-corrected chi connectivity index (χ1v) is 8.57. The van der Waals surface area contributed by atoms with Crippen LogP contribution in [0.3, 0.4) is 0 Å². The average Bonchev–Trinajstić information content (AvgIpc) is 2.68. The van der Waals surface area contributed by atoms with E-state index in [2.05, 4.69) is 10.2 Å². The molecule has 0 aromatic carbocycles. The Morgan fingerprint density at radius 1 is 1.21 bits per heavy atom. The van der Waals surface area contributed by atoms with Crippen molar-refractivity contribution in [1.29, 1.82) is 0 Å². The third-order valence-corrected chi connectivity index (χ3v) is 5.82. The second-order valence-electron chi connectivity index (χ2n) is 5.27. The third-order valence-electron chi connectivity index (χ3n) is 4.16. The van der Waals surface area contributed by atoms with E-state index in [4.69, 9.17) is 4.74 Å². The number of carbonyl (C=O) groups excluding carboxylic acids is 1. The summed E-state index contributed by atoms with van der Waals surface area (Å²) in [6.07, 6.45) is 1.66. The molecule has 110 valence electrons. The van der Waals surface area contributed by atoms with E-state index in [1.807, 2.05) is 0 Å². The van der Waals surface area contributed by atoms with Crippen molar-refractivity contribution in [3.05, 3.63) is 0 Å². The SMILES string of the molecule is COC(=O)C1(N2CCCNCC2)CCS(=O)(=O)CC1. The number of hydrogen-bond acceptors (Lipinski definition) is 6. The molecule has 2 aliphatic rings. The van der Waals surface area contributed by atoms with Crippen molar-refractivity contribution in [3.8, 4) is 0 Å². The maximum atomic E-state index is 12.2. The van der Waals surface area contributed by atoms with Crippen molar-refractivity contribution in [3.63, 3.8) is 0 Å². The van der Waals surface area contributed by atoms with Crippen molar-refractivity contribution < 1.29 is 17.9 Å². The highest BCUT2D eigenvalue weighted by Crippen LogP contribution is 2.32. The van der Waals surface area contributed by atoms with E-state index in [-0.39, 0.29) is 17.5 Å². The number of methoxy groups -OCH3 is 1. The van der Waals surface area contributed by atoms with Gasteiger partial charge in [-0.15, -0.1) is 0 Å². The van der Waals surface area contributed by atoms with Crippen molar-refractivity contribution in [2.24, 2.45) is 0 Å². The molecule has 0 amide bonds. The maximum Gasteiger partial charge on any atom is 0.326 e. The molecular formula is C12H22N2O4S. The summed E-state index contributed by atoms with van der Waals surface area (Å²) in [6, 6.07) is 0. The molecule has 7 heteroatoms. The molecule has 0 bridgehead atoms. The fourth-order valence-corrected chi connectivity index (χ4v) is 4.49. The number of rotatable bonds is 2. The molecule has 0 saturated carbocycles. The molecule has 0 aromatic rings. The lowest BCUT2D eigenvalue weighted by molar-refractivity contribution is -0.156. The van der Waals surface area contributed by atoms with Gasteiger partial charge >= 0.3 is 5.97 Å². The largest absolute Gasteiger partial charge is 0.468 e. The molecule has 1 N–H and O–H groups in total. The van der Waals surface area contributed by atoms with Crippen molar-refractivity contribution in [2.75, 3.05) is 44.8 Å². The number of sulfone groups is 1. The Labute approximate surface area is 114 Å². The van der Waals surface area contributed by atoms with Crippen LogP contribution in [-0.4, -0.2) is 69.6 Å². The Balaban J connectivity index is 2.22. The maximum absolute atomic E-state index is 12.2. The average molecular weight is 290 g/mol. The van der Waals surface area contributed by atoms with Gasteiger partial charge in [-0.1, -0.05) is 0 Å². The fourth-order valence-electron chi connectivity index (χ4n) is 2.99. The van der Waals surface area contributed by atoms with Crippen LogP contribution in [0.4, 0.5) is 0 Å². The summed E-state index contributed by atoms with van der Waals surface area (Å²) in [5.74, 6) is -0.137. The summed E-state index contributed by atoms with van der Waals surface area (Å²) >= 11 is 0. The molecule has 2 fully saturated rings. The van der Waals surface area contributed by atoms with Crippen molar-refractivity contribution >= 4 is 15.8 Å². The van der Waals surface area contributed by atoms with Gasteiger partial charge in [0.2, 0.25) is 0 Å². The Kier molecular flexibility index (Phi) is 4.47. The van der Waals surface area contributed by atoms with Crippen LogP contribution >= 0.6 is 0 Å². The highest BCUT2D eigenvalue weighted by atomic mass is 32.2. The molecule has 2 heterocycles. The van der Waals surface area contributed by atoms with E-state index in [9.17, 15) is 13.2 Å². The first kappa shape index (κ1) is 14.7. The summed E-state index contributed by atoms with van der Waals surface area (Å²) in [5, 5.41) is 3.29. The van der Waals surface area contributed by atoms with Gasteiger partial charge in [0, 0.05) is 19.6 Å². The second-order valence-corrected chi connectivity index (χ2v) is 7.57. The van der Waals surface area contributed by atoms with E-state index in [1.54, 1.807) is 0 Å². The zero-order valence-electron chi connectivity index (χ0n) is 11.4. The van der Waals surface area contributed by atoms with Gasteiger partial charge in [-0.2, -0.15) is 0 Å². The van der Waals surface area contributed by atoms with Gasteiger partial charge in [0.15, 0.2) is 0 Å². The molecule has 0 atom stereocenters. The first-order valence-electron chi connectivity index (χ1n) is 6.75. The quantitative estimate of drug-likeness (QED) is 0.685. The Bertz CT molecular complexity index is 413. The highest BCUT2D eigenvalue weighted by molar-refractivity contribution is 7.91. The topological polar surface area (TPSA) is 75.7 Å². The summed E-state index contributed by atoms with van der Waals surface area (Å²) < 4.78 is 28.2. The number of esters is 1. The minimum absolute atomic E-state index is 0.0754. The van der Waals surface area contributed by atoms with Gasteiger partial charge in [0.05, 0.1) is 18.6 Å². The molecular weight excluding hydrogens is 268 g/mol. The van der Waals surface area contributed by atoms with Crippen LogP contribution in [0.25, 0.3) is 0 Å². The third kappa shape index (κ3) is 3.09. The van der Waals surface area contributed by atoms with Crippen LogP contribution in [-0.2, 0) is 19.4 Å². The fraction of sp³-hybridized carbons (Fsp3) is 0.917. The second kappa shape index (κ2) is 5.76. The lowest BCUT2D eigenvalue weighted by atomic mass is 9.89. The van der Waals surface area contributed by atoms with Gasteiger partial charge < -0.3 is 10.1 Å². The number of ether oxygens (including phenoxy) is 1. The molecule has 0 spiro atoms. The van der Waals surface area contributed by atoms with Gasteiger partial charge in [-0.05, 0) is 25.8 Å². The summed E-state index contributed by atoms with van der Waals surface area (Å²) in [4.78, 5) is 14.4. The van der Waals surface area contributed by atoms with Crippen molar-refractivity contribution in [1.82, 2.24) is 10.2 Å². The van der Waals surface area contributed by atoms with E-state index in [0.29, 0.717) is 12.8 Å². The molecule has 0 radical (unpaired) electrons. The van der Waals surface area contributed by atoms with Crippen LogP contribution in [0.5, 0.6) is 0 Å². The lowest BCUT2D eigenvalue weighted by Crippen LogP contribution is -2.59. The molecule has 2 rings (SSSR count). The zero-order chi connectivity index (χ0) is 13.9. The predicted molar refractivity (Wildman–Crippen MR) is 71.7 cm³/mol. The number of hydrogen-bond donors (Lipinski definition) is 1. The summed E-state index contributed by atoms with van der Waals surface area (Å²) in [5.41, 5.74) is -0.744. The number of nitrogens with zero attached hydrogens (tertiary/aromatic N) is 1. The molecule has 2 aliphatic heterocycles. The van der Waals surface area contributed by atoms with Gasteiger partial charge in [-0.25, -0.2) is 8.42 Å². The smallest absolute Gasteiger partial charge is 0.326 e. The molecule has 0 aliphatic carbocycles. The van der Waals surface area contributed by atoms with Crippen LogP contribution < -0.4 is 5.32 Å². The molecule has 0 aromatic heterocycles. The monoisotopic (exact) mass is 290 g/mol. The summed E-state index contributed by atoms with van der Waals surface area (Å²) in [6.45, 7) is 3.33.